The number of hydrogen-bond donors (Lipinski definition) is 2. The highest BCUT2D eigenvalue weighted by molar-refractivity contribution is 6.45. The van der Waals surface area contributed by atoms with Gasteiger partial charge in [0.2, 0.25) is 18.0 Å². The van der Waals surface area contributed by atoms with Crippen molar-refractivity contribution >= 4 is 57.0 Å². The first kappa shape index (κ1) is 41.7. The lowest BCUT2D eigenvalue weighted by atomic mass is 9.96. The van der Waals surface area contributed by atoms with Gasteiger partial charge >= 0.3 is 0 Å². The largest absolute Gasteiger partial charge is 0.381 e. The molecule has 2 N–H and O–H groups in total. The lowest BCUT2D eigenvalue weighted by Crippen LogP contribution is -2.54. The van der Waals surface area contributed by atoms with Gasteiger partial charge in [0, 0.05) is 83.7 Å². The number of fused-ring (bicyclic) bond motifs is 2. The normalized spacial score (nSPS) is 20.5. The SMILES string of the molecule is O=C(C(=O)N1CCN(C(=O)C2CCOC([n+]3ccn(-c4ncc(F)c5c(C(=O)C(=O)N6CCN(C(=O)C7CCOC7)CC6)c[nH]c45)n3)C2)CC1)c1c[nH]c2c(-n3ccnn3)ncc(F)c12. The molecule has 0 aromatic carbocycles. The van der Waals surface area contributed by atoms with Crippen LogP contribution < -0.4 is 4.68 Å². The van der Waals surface area contributed by atoms with Crippen molar-refractivity contribution in [3.05, 3.63) is 72.3 Å². The van der Waals surface area contributed by atoms with E-state index in [0.29, 0.717) is 26.1 Å². The molecule has 336 valence electrons. The van der Waals surface area contributed by atoms with Crippen LogP contribution in [0.1, 0.15) is 46.2 Å². The number of H-pyrrole nitrogens is 2. The van der Waals surface area contributed by atoms with Gasteiger partial charge < -0.3 is 39.0 Å². The summed E-state index contributed by atoms with van der Waals surface area (Å²) < 4.78 is 45.9. The van der Waals surface area contributed by atoms with Gasteiger partial charge in [-0.3, -0.25) is 28.8 Å². The summed E-state index contributed by atoms with van der Waals surface area (Å²) in [6.45, 7) is 2.57. The van der Waals surface area contributed by atoms with Crippen molar-refractivity contribution in [1.82, 2.24) is 64.4 Å². The topological polar surface area (TPSA) is 244 Å². The molecule has 3 unspecified atom stereocenters. The molecule has 6 aromatic heterocycles. The lowest BCUT2D eigenvalue weighted by molar-refractivity contribution is -0.815. The van der Waals surface area contributed by atoms with Crippen LogP contribution >= 0.6 is 0 Å². The van der Waals surface area contributed by atoms with E-state index in [2.05, 4.69) is 35.5 Å². The summed E-state index contributed by atoms with van der Waals surface area (Å²) in [7, 11) is 0. The molecule has 24 heteroatoms. The van der Waals surface area contributed by atoms with Crippen LogP contribution in [-0.2, 0) is 28.7 Å². The molecule has 4 amide bonds. The summed E-state index contributed by atoms with van der Waals surface area (Å²) in [5, 5.41) is 12.0. The number of nitrogens with one attached hydrogen (secondary N) is 2. The Balaban J connectivity index is 0.763. The fourth-order valence-corrected chi connectivity index (χ4v) is 8.99. The van der Waals surface area contributed by atoms with Gasteiger partial charge in [0.25, 0.3) is 29.2 Å². The molecule has 4 aliphatic rings. The van der Waals surface area contributed by atoms with E-state index >= 15 is 8.78 Å². The van der Waals surface area contributed by atoms with Gasteiger partial charge in [0.1, 0.15) is 5.52 Å². The molecule has 4 aliphatic heterocycles. The molecule has 0 spiro atoms. The summed E-state index contributed by atoms with van der Waals surface area (Å²) in [6, 6.07) is 0. The maximum atomic E-state index is 15.4. The zero-order valence-corrected chi connectivity index (χ0v) is 34.6. The van der Waals surface area contributed by atoms with Gasteiger partial charge in [0.05, 0.1) is 76.5 Å². The molecule has 6 aromatic rings. The number of aromatic amines is 2. The lowest BCUT2D eigenvalue weighted by Gasteiger charge is -2.37. The first-order valence-electron chi connectivity index (χ1n) is 21.1. The number of rotatable bonds is 9. The van der Waals surface area contributed by atoms with Gasteiger partial charge in [-0.15, -0.1) is 9.78 Å². The molecule has 3 atom stereocenters. The number of ether oxygens (including phenoxy) is 2. The summed E-state index contributed by atoms with van der Waals surface area (Å²) >= 11 is 0. The van der Waals surface area contributed by atoms with E-state index in [1.54, 1.807) is 22.2 Å². The molecular formula is C41H41F2N14O8+. The van der Waals surface area contributed by atoms with Gasteiger partial charge in [-0.2, -0.15) is 0 Å². The van der Waals surface area contributed by atoms with Gasteiger partial charge in [0.15, 0.2) is 29.8 Å². The Labute approximate surface area is 366 Å². The maximum Gasteiger partial charge on any atom is 0.295 e. The molecule has 10 rings (SSSR count). The molecule has 0 aliphatic carbocycles. The summed E-state index contributed by atoms with van der Waals surface area (Å²) in [5.41, 5.74) is -0.00559. The number of amides is 4. The Hall–Kier alpha value is -7.34. The number of piperazine rings is 2. The predicted octanol–water partition coefficient (Wildman–Crippen LogP) is 0.140. The molecule has 0 bridgehead atoms. The number of halogens is 2. The van der Waals surface area contributed by atoms with E-state index in [9.17, 15) is 28.8 Å². The van der Waals surface area contributed by atoms with Gasteiger partial charge in [-0.1, -0.05) is 9.90 Å². The minimum Gasteiger partial charge on any atom is -0.381 e. The summed E-state index contributed by atoms with van der Waals surface area (Å²) in [6.07, 6.45) is 11.2. The third-order valence-electron chi connectivity index (χ3n) is 12.5. The number of carbonyl (C=O) groups excluding carboxylic acids is 6. The highest BCUT2D eigenvalue weighted by Crippen LogP contribution is 2.30. The quantitative estimate of drug-likeness (QED) is 0.112. The Bertz CT molecular complexity index is 2860. The van der Waals surface area contributed by atoms with Crippen LogP contribution in [0, 0.1) is 23.5 Å². The fraction of sp³-hybridized carbons (Fsp3) is 0.415. The predicted molar refractivity (Wildman–Crippen MR) is 216 cm³/mol. The van der Waals surface area contributed by atoms with Crippen molar-refractivity contribution in [1.29, 1.82) is 0 Å². The average Bonchev–Trinajstić information content (AvgIpc) is 4.21. The van der Waals surface area contributed by atoms with E-state index in [4.69, 9.17) is 9.47 Å². The van der Waals surface area contributed by atoms with Crippen LogP contribution in [0.25, 0.3) is 33.4 Å². The first-order valence-corrected chi connectivity index (χ1v) is 21.1. The van der Waals surface area contributed by atoms with Crippen LogP contribution in [0.4, 0.5) is 8.78 Å². The maximum absolute atomic E-state index is 15.4. The monoisotopic (exact) mass is 895 g/mol. The number of hydrogen-bond acceptors (Lipinski definition) is 13. The first-order chi connectivity index (χ1) is 31.5. The highest BCUT2D eigenvalue weighted by Gasteiger charge is 2.39. The van der Waals surface area contributed by atoms with Crippen LogP contribution in [0.2, 0.25) is 0 Å². The number of nitrogens with zero attached hydrogens (tertiary/aromatic N) is 12. The number of pyridine rings is 2. The second kappa shape index (κ2) is 17.0. The molecule has 22 nitrogen and oxygen atoms in total. The summed E-state index contributed by atoms with van der Waals surface area (Å²) in [4.78, 5) is 100. The fourth-order valence-electron chi connectivity index (χ4n) is 8.99. The number of Topliss-reactive ketones (excluding diaryl/α,β-unsaturated/α-hetero) is 2. The third kappa shape index (κ3) is 7.56. The Morgan fingerprint density at radius 3 is 1.75 bits per heavy atom. The van der Waals surface area contributed by atoms with Crippen LogP contribution in [0.15, 0.2) is 49.6 Å². The van der Waals surface area contributed by atoms with Crippen molar-refractivity contribution in [3.8, 4) is 11.6 Å². The Morgan fingerprint density at radius 2 is 1.22 bits per heavy atom. The van der Waals surface area contributed by atoms with E-state index in [1.807, 2.05) is 0 Å². The van der Waals surface area contributed by atoms with Crippen LogP contribution in [0.5, 0.6) is 0 Å². The van der Waals surface area contributed by atoms with E-state index in [1.165, 1.54) is 48.6 Å². The van der Waals surface area contributed by atoms with Crippen molar-refractivity contribution in [3.63, 3.8) is 0 Å². The molecular weight excluding hydrogens is 855 g/mol. The zero-order valence-electron chi connectivity index (χ0n) is 34.6. The molecule has 4 saturated heterocycles. The second-order valence-electron chi connectivity index (χ2n) is 16.2. The minimum absolute atomic E-state index is 0.0249. The third-order valence-corrected chi connectivity index (χ3v) is 12.5. The van der Waals surface area contributed by atoms with Crippen LogP contribution in [0.3, 0.4) is 0 Å². The van der Waals surface area contributed by atoms with Gasteiger partial charge in [-0.25, -0.2) is 23.4 Å². The van der Waals surface area contributed by atoms with Crippen molar-refractivity contribution in [2.24, 2.45) is 11.8 Å². The number of carbonyl (C=O) groups is 6. The Morgan fingerprint density at radius 1 is 0.677 bits per heavy atom. The molecule has 4 fully saturated rings. The standard InChI is InChI=1S/C41H40F2N14O8/c42-27-20-46-36(56-4-3-48-49-56)32-30(27)25(18-44-32)34(58)40(62)53-9-5-51(6-10-53)38(60)23-2-16-65-29(17-23)55-13-14-57(50-55)37-33-31(28(43)21-47-37)26(19-45-33)35(59)41(63)54-11-7-52(8-12-54)39(61)24-1-15-64-22-24/h3-4,13-14,18-21,23-24,29H,1-2,5-12,15-17,22H2,(H-,44,45,46,47,50,58,59)/p+1. The van der Waals surface area contributed by atoms with E-state index in [-0.39, 0.29) is 128 Å². The minimum atomic E-state index is -0.905. The van der Waals surface area contributed by atoms with Crippen LogP contribution in [-0.4, -0.2) is 172 Å². The second-order valence-corrected chi connectivity index (χ2v) is 16.2. The molecule has 0 radical (unpaired) electrons. The number of aromatic nitrogens is 10. The van der Waals surface area contributed by atoms with E-state index < -0.39 is 47.2 Å². The average molecular weight is 896 g/mol. The van der Waals surface area contributed by atoms with Crippen molar-refractivity contribution in [2.45, 2.75) is 25.5 Å². The molecule has 10 heterocycles. The smallest absolute Gasteiger partial charge is 0.295 e. The molecule has 65 heavy (non-hydrogen) atoms. The summed E-state index contributed by atoms with van der Waals surface area (Å²) in [5.74, 6) is -5.51. The number of ketones is 2. The van der Waals surface area contributed by atoms with Gasteiger partial charge in [-0.05, 0) is 12.8 Å². The van der Waals surface area contributed by atoms with Crippen molar-refractivity contribution < 1.29 is 51.7 Å². The van der Waals surface area contributed by atoms with Crippen molar-refractivity contribution in [2.75, 3.05) is 72.2 Å². The Kier molecular flexibility index (Phi) is 10.9. The highest BCUT2D eigenvalue weighted by atomic mass is 19.1. The van der Waals surface area contributed by atoms with E-state index in [0.717, 1.165) is 12.4 Å². The molecule has 0 saturated carbocycles. The zero-order chi connectivity index (χ0) is 44.9.